The topological polar surface area (TPSA) is 30.5 Å². The Kier molecular flexibility index (Phi) is 4.27. The van der Waals surface area contributed by atoms with Crippen LogP contribution in [0.25, 0.3) is 0 Å². The zero-order valence-electron chi connectivity index (χ0n) is 13.5. The van der Waals surface area contributed by atoms with Gasteiger partial charge in [-0.05, 0) is 36.6 Å². The average Bonchev–Trinajstić information content (AvgIpc) is 3.14. The lowest BCUT2D eigenvalue weighted by Crippen LogP contribution is -2.39. The summed E-state index contributed by atoms with van der Waals surface area (Å²) in [6.45, 7) is 0.669. The Bertz CT molecular complexity index is 785. The van der Waals surface area contributed by atoms with Crippen LogP contribution in [0.2, 0.25) is 0 Å². The summed E-state index contributed by atoms with van der Waals surface area (Å²) in [5, 5.41) is 0. The molecule has 1 aliphatic carbocycles. The van der Waals surface area contributed by atoms with E-state index in [1.807, 2.05) is 0 Å². The van der Waals surface area contributed by atoms with Gasteiger partial charge in [0.15, 0.2) is 11.6 Å². The predicted molar refractivity (Wildman–Crippen MR) is 84.8 cm³/mol. The van der Waals surface area contributed by atoms with Crippen LogP contribution in [0.4, 0.5) is 13.2 Å². The van der Waals surface area contributed by atoms with Crippen LogP contribution in [-0.4, -0.2) is 12.7 Å². The minimum absolute atomic E-state index is 0.0966. The van der Waals surface area contributed by atoms with E-state index in [2.05, 4.69) is 5.48 Å². The molecule has 4 rings (SSSR count). The van der Waals surface area contributed by atoms with Crippen LogP contribution in [0.5, 0.6) is 0 Å². The van der Waals surface area contributed by atoms with Gasteiger partial charge in [-0.25, -0.2) is 13.2 Å². The van der Waals surface area contributed by atoms with Crippen molar-refractivity contribution < 1.29 is 22.7 Å². The summed E-state index contributed by atoms with van der Waals surface area (Å²) < 4.78 is 46.5. The fraction of sp³-hybridized carbons (Fsp3) is 0.368. The maximum atomic E-state index is 14.3. The number of hydroxylamine groups is 1. The fourth-order valence-corrected chi connectivity index (χ4v) is 3.91. The highest BCUT2D eigenvalue weighted by molar-refractivity contribution is 5.30. The highest BCUT2D eigenvalue weighted by Gasteiger charge is 2.54. The van der Waals surface area contributed by atoms with Gasteiger partial charge in [-0.1, -0.05) is 24.3 Å². The molecule has 0 aromatic heterocycles. The predicted octanol–water partition coefficient (Wildman–Crippen LogP) is 3.83. The van der Waals surface area contributed by atoms with Crippen molar-refractivity contribution >= 4 is 0 Å². The van der Waals surface area contributed by atoms with E-state index < -0.39 is 17.2 Å². The maximum Gasteiger partial charge on any atom is 0.159 e. The van der Waals surface area contributed by atoms with Crippen molar-refractivity contribution in [3.8, 4) is 0 Å². The molecule has 1 aliphatic heterocycles. The zero-order valence-corrected chi connectivity index (χ0v) is 13.5. The van der Waals surface area contributed by atoms with Crippen LogP contribution < -0.4 is 5.48 Å². The summed E-state index contributed by atoms with van der Waals surface area (Å²) >= 11 is 0. The first kappa shape index (κ1) is 16.6. The molecule has 1 saturated heterocycles. The summed E-state index contributed by atoms with van der Waals surface area (Å²) in [6.07, 6.45) is 1.15. The van der Waals surface area contributed by atoms with Crippen LogP contribution in [0, 0.1) is 23.4 Å². The van der Waals surface area contributed by atoms with E-state index in [1.54, 1.807) is 18.2 Å². The van der Waals surface area contributed by atoms with Crippen molar-refractivity contribution in [3.63, 3.8) is 0 Å². The molecular weight excluding hydrogens is 331 g/mol. The Morgan fingerprint density at radius 1 is 1.08 bits per heavy atom. The van der Waals surface area contributed by atoms with Gasteiger partial charge in [0.05, 0.1) is 24.9 Å². The summed E-state index contributed by atoms with van der Waals surface area (Å²) in [4.78, 5) is 5.40. The van der Waals surface area contributed by atoms with Crippen molar-refractivity contribution in [2.75, 3.05) is 6.61 Å². The van der Waals surface area contributed by atoms with Gasteiger partial charge in [-0.2, -0.15) is 5.48 Å². The molecule has 2 aliphatic rings. The standard InChI is InChI=1S/C19H18F3NO2/c20-16-4-2-1-3-15(16)19-9-14(8-13(19)11-25-23-19)24-10-12-5-6-17(21)18(22)7-12/h1-7,13-14,23H,8-11H2/t13-,14+,19-/m0/s1. The molecule has 0 unspecified atom stereocenters. The third kappa shape index (κ3) is 2.94. The molecule has 1 heterocycles. The van der Waals surface area contributed by atoms with Crippen LogP contribution in [0.15, 0.2) is 42.5 Å². The Hall–Kier alpha value is -1.89. The smallest absolute Gasteiger partial charge is 0.159 e. The van der Waals surface area contributed by atoms with Gasteiger partial charge in [0.2, 0.25) is 0 Å². The normalized spacial score (nSPS) is 28.3. The van der Waals surface area contributed by atoms with Crippen LogP contribution in [0.1, 0.15) is 24.0 Å². The summed E-state index contributed by atoms with van der Waals surface area (Å²) in [5.74, 6) is -1.94. The number of halogens is 3. The van der Waals surface area contributed by atoms with E-state index in [0.717, 1.165) is 12.1 Å². The Morgan fingerprint density at radius 3 is 2.72 bits per heavy atom. The van der Waals surface area contributed by atoms with E-state index in [4.69, 9.17) is 9.57 Å². The van der Waals surface area contributed by atoms with Crippen molar-refractivity contribution in [2.45, 2.75) is 31.1 Å². The molecule has 1 saturated carbocycles. The molecular formula is C19H18F3NO2. The second kappa shape index (κ2) is 6.44. The molecule has 2 aromatic rings. The van der Waals surface area contributed by atoms with Crippen LogP contribution in [-0.2, 0) is 21.7 Å². The van der Waals surface area contributed by atoms with Crippen molar-refractivity contribution in [3.05, 3.63) is 71.0 Å². The van der Waals surface area contributed by atoms with Gasteiger partial charge in [0.1, 0.15) is 5.82 Å². The largest absolute Gasteiger partial charge is 0.373 e. The number of hydrogen-bond acceptors (Lipinski definition) is 3. The molecule has 3 atom stereocenters. The Morgan fingerprint density at radius 2 is 1.92 bits per heavy atom. The molecule has 2 aromatic carbocycles. The van der Waals surface area contributed by atoms with Gasteiger partial charge in [0, 0.05) is 11.5 Å². The molecule has 1 N–H and O–H groups in total. The highest BCUT2D eigenvalue weighted by Crippen LogP contribution is 2.48. The summed E-state index contributed by atoms with van der Waals surface area (Å²) in [5.41, 5.74) is 3.55. The first-order valence-corrected chi connectivity index (χ1v) is 8.28. The number of benzene rings is 2. The third-order valence-corrected chi connectivity index (χ3v) is 5.16. The molecule has 0 spiro atoms. The average molecular weight is 349 g/mol. The number of fused-ring (bicyclic) bond motifs is 1. The van der Waals surface area contributed by atoms with Gasteiger partial charge in [-0.3, -0.25) is 0 Å². The van der Waals surface area contributed by atoms with Crippen molar-refractivity contribution in [2.24, 2.45) is 5.92 Å². The monoisotopic (exact) mass is 349 g/mol. The summed E-state index contributed by atoms with van der Waals surface area (Å²) in [6, 6.07) is 10.4. The lowest BCUT2D eigenvalue weighted by Gasteiger charge is -2.28. The van der Waals surface area contributed by atoms with Crippen molar-refractivity contribution in [1.29, 1.82) is 0 Å². The molecule has 0 radical (unpaired) electrons. The number of hydrogen-bond donors (Lipinski definition) is 1. The van der Waals surface area contributed by atoms with E-state index in [0.29, 0.717) is 30.6 Å². The molecule has 0 bridgehead atoms. The fourth-order valence-electron chi connectivity index (χ4n) is 3.91. The molecule has 25 heavy (non-hydrogen) atoms. The van der Waals surface area contributed by atoms with Gasteiger partial charge >= 0.3 is 0 Å². The number of nitrogens with one attached hydrogen (secondary N) is 1. The molecule has 0 amide bonds. The second-order valence-electron chi connectivity index (χ2n) is 6.68. The molecule has 6 heteroatoms. The maximum absolute atomic E-state index is 14.3. The van der Waals surface area contributed by atoms with Gasteiger partial charge < -0.3 is 9.57 Å². The number of ether oxygens (including phenoxy) is 1. The first-order chi connectivity index (χ1) is 12.1. The quantitative estimate of drug-likeness (QED) is 0.910. The zero-order chi connectivity index (χ0) is 17.4. The lowest BCUT2D eigenvalue weighted by molar-refractivity contribution is 0.00369. The Balaban J connectivity index is 1.49. The van der Waals surface area contributed by atoms with E-state index >= 15 is 0 Å². The van der Waals surface area contributed by atoms with E-state index in [9.17, 15) is 13.2 Å². The van der Waals surface area contributed by atoms with Gasteiger partial charge in [0.25, 0.3) is 0 Å². The molecule has 132 valence electrons. The highest BCUT2D eigenvalue weighted by atomic mass is 19.2. The van der Waals surface area contributed by atoms with Crippen molar-refractivity contribution in [1.82, 2.24) is 5.48 Å². The van der Waals surface area contributed by atoms with E-state index in [1.165, 1.54) is 12.1 Å². The van der Waals surface area contributed by atoms with Gasteiger partial charge in [-0.15, -0.1) is 0 Å². The second-order valence-corrected chi connectivity index (χ2v) is 6.68. The third-order valence-electron chi connectivity index (χ3n) is 5.16. The first-order valence-electron chi connectivity index (χ1n) is 8.28. The van der Waals surface area contributed by atoms with Crippen LogP contribution >= 0.6 is 0 Å². The summed E-state index contributed by atoms with van der Waals surface area (Å²) in [7, 11) is 0. The molecule has 3 nitrogen and oxygen atoms in total. The Labute approximate surface area is 143 Å². The minimum Gasteiger partial charge on any atom is -0.373 e. The van der Waals surface area contributed by atoms with E-state index in [-0.39, 0.29) is 24.4 Å². The minimum atomic E-state index is -0.887. The SMILES string of the molecule is Fc1ccc(CO[C@@H]2C[C@H]3CON[C@@]3(c3ccccc3F)C2)cc1F. The molecule has 2 fully saturated rings. The lowest BCUT2D eigenvalue weighted by atomic mass is 9.82. The van der Waals surface area contributed by atoms with Crippen LogP contribution in [0.3, 0.4) is 0 Å². The number of rotatable bonds is 4.